The molecule has 1 N–H and O–H groups in total. The Morgan fingerprint density at radius 3 is 2.48 bits per heavy atom. The van der Waals surface area contributed by atoms with Crippen molar-refractivity contribution in [1.82, 2.24) is 5.32 Å². The van der Waals surface area contributed by atoms with Crippen LogP contribution in [0.15, 0.2) is 42.5 Å². The summed E-state index contributed by atoms with van der Waals surface area (Å²) in [4.78, 5) is 12.1. The van der Waals surface area contributed by atoms with Crippen LogP contribution in [0.5, 0.6) is 11.5 Å². The number of amides is 1. The van der Waals surface area contributed by atoms with E-state index in [-0.39, 0.29) is 11.3 Å². The summed E-state index contributed by atoms with van der Waals surface area (Å²) in [6, 6.07) is 14.1. The number of hydrogen-bond acceptors (Lipinski definition) is 3. The molecule has 0 saturated heterocycles. The monoisotopic (exact) mass is 369 g/mol. The van der Waals surface area contributed by atoms with Crippen LogP contribution in [0, 0.1) is 6.92 Å². The van der Waals surface area contributed by atoms with Gasteiger partial charge < -0.3 is 14.8 Å². The predicted molar refractivity (Wildman–Crippen MR) is 110 cm³/mol. The van der Waals surface area contributed by atoms with E-state index in [4.69, 9.17) is 9.47 Å². The average molecular weight is 370 g/mol. The van der Waals surface area contributed by atoms with Crippen molar-refractivity contribution in [3.8, 4) is 11.5 Å². The minimum absolute atomic E-state index is 0.0241. The van der Waals surface area contributed by atoms with Gasteiger partial charge >= 0.3 is 0 Å². The van der Waals surface area contributed by atoms with Gasteiger partial charge in [0.15, 0.2) is 0 Å². The lowest BCUT2D eigenvalue weighted by Gasteiger charge is -2.22. The molecular formula is C23H31NO3. The van der Waals surface area contributed by atoms with Crippen LogP contribution in [0.2, 0.25) is 0 Å². The summed E-state index contributed by atoms with van der Waals surface area (Å²) in [5.41, 5.74) is 3.42. The van der Waals surface area contributed by atoms with Crippen LogP contribution in [0.4, 0.5) is 0 Å². The van der Waals surface area contributed by atoms with Crippen LogP contribution in [0.3, 0.4) is 0 Å². The number of carbonyl (C=O) groups excluding carboxylic acids is 1. The summed E-state index contributed by atoms with van der Waals surface area (Å²) < 4.78 is 11.2. The van der Waals surface area contributed by atoms with Crippen molar-refractivity contribution in [1.29, 1.82) is 0 Å². The molecule has 4 nitrogen and oxygen atoms in total. The Balaban J connectivity index is 1.75. The Morgan fingerprint density at radius 1 is 1.07 bits per heavy atom. The molecule has 4 heteroatoms. The summed E-state index contributed by atoms with van der Waals surface area (Å²) in [7, 11) is 1.66. The van der Waals surface area contributed by atoms with Crippen molar-refractivity contribution < 1.29 is 14.3 Å². The molecule has 0 saturated carbocycles. The van der Waals surface area contributed by atoms with Gasteiger partial charge in [0.2, 0.25) is 5.91 Å². The number of para-hydroxylation sites is 1. The second kappa shape index (κ2) is 9.45. The predicted octanol–water partition coefficient (Wildman–Crippen LogP) is 4.43. The van der Waals surface area contributed by atoms with Crippen LogP contribution in [-0.4, -0.2) is 26.2 Å². The van der Waals surface area contributed by atoms with Crippen molar-refractivity contribution in [3.05, 3.63) is 59.2 Å². The number of nitrogens with one attached hydrogen (secondary N) is 1. The number of carbonyl (C=O) groups is 1. The van der Waals surface area contributed by atoms with Gasteiger partial charge in [0.05, 0.1) is 13.7 Å². The molecule has 0 aliphatic carbocycles. The Hall–Kier alpha value is -2.49. The standard InChI is InChI=1S/C23H31NO3/c1-17-16-18(10-12-20(17)26-5)11-13-22(25)24-14-15-27-21-9-7-6-8-19(21)23(2,3)4/h6-10,12,16H,11,13-15H2,1-5H3,(H,24,25). The minimum atomic E-state index is 0.0241. The van der Waals surface area contributed by atoms with Crippen molar-refractivity contribution in [2.75, 3.05) is 20.3 Å². The van der Waals surface area contributed by atoms with E-state index in [2.05, 4.69) is 38.2 Å². The zero-order valence-electron chi connectivity index (χ0n) is 17.1. The highest BCUT2D eigenvalue weighted by molar-refractivity contribution is 5.76. The molecule has 27 heavy (non-hydrogen) atoms. The molecule has 2 aromatic carbocycles. The Morgan fingerprint density at radius 2 is 1.81 bits per heavy atom. The van der Waals surface area contributed by atoms with Crippen molar-refractivity contribution in [3.63, 3.8) is 0 Å². The number of hydrogen-bond donors (Lipinski definition) is 1. The van der Waals surface area contributed by atoms with Gasteiger partial charge in [-0.2, -0.15) is 0 Å². The second-order valence-electron chi connectivity index (χ2n) is 7.75. The molecule has 0 aliphatic rings. The maximum absolute atomic E-state index is 12.1. The Bertz CT molecular complexity index is 762. The maximum atomic E-state index is 12.1. The Labute approximate surface area is 162 Å². The van der Waals surface area contributed by atoms with Gasteiger partial charge in [-0.25, -0.2) is 0 Å². The fourth-order valence-electron chi connectivity index (χ4n) is 3.01. The topological polar surface area (TPSA) is 47.6 Å². The van der Waals surface area contributed by atoms with E-state index in [0.717, 1.165) is 22.6 Å². The van der Waals surface area contributed by atoms with Crippen LogP contribution >= 0.6 is 0 Å². The lowest BCUT2D eigenvalue weighted by atomic mass is 9.86. The van der Waals surface area contributed by atoms with E-state index >= 15 is 0 Å². The average Bonchev–Trinajstić information content (AvgIpc) is 2.63. The van der Waals surface area contributed by atoms with Gasteiger partial charge in [0.25, 0.3) is 0 Å². The highest BCUT2D eigenvalue weighted by Crippen LogP contribution is 2.30. The first-order valence-electron chi connectivity index (χ1n) is 9.44. The zero-order chi connectivity index (χ0) is 19.9. The van der Waals surface area contributed by atoms with Gasteiger partial charge in [0.1, 0.15) is 18.1 Å². The lowest BCUT2D eigenvalue weighted by Crippen LogP contribution is -2.28. The highest BCUT2D eigenvalue weighted by atomic mass is 16.5. The fourth-order valence-corrected chi connectivity index (χ4v) is 3.01. The molecule has 0 spiro atoms. The van der Waals surface area contributed by atoms with Crippen molar-refractivity contribution in [2.24, 2.45) is 0 Å². The molecule has 2 aromatic rings. The normalized spacial score (nSPS) is 11.1. The summed E-state index contributed by atoms with van der Waals surface area (Å²) in [6.07, 6.45) is 1.18. The number of aryl methyl sites for hydroxylation is 2. The molecule has 146 valence electrons. The molecular weight excluding hydrogens is 338 g/mol. The van der Waals surface area contributed by atoms with Crippen molar-refractivity contribution >= 4 is 5.91 Å². The van der Waals surface area contributed by atoms with Crippen LogP contribution in [0.25, 0.3) is 0 Å². The number of rotatable bonds is 8. The third kappa shape index (κ3) is 6.31. The smallest absolute Gasteiger partial charge is 0.220 e. The third-order valence-corrected chi connectivity index (χ3v) is 4.48. The van der Waals surface area contributed by atoms with Gasteiger partial charge in [-0.15, -0.1) is 0 Å². The fraction of sp³-hybridized carbons (Fsp3) is 0.435. The zero-order valence-corrected chi connectivity index (χ0v) is 17.1. The summed E-state index contributed by atoms with van der Waals surface area (Å²) in [5.74, 6) is 1.79. The summed E-state index contributed by atoms with van der Waals surface area (Å²) >= 11 is 0. The minimum Gasteiger partial charge on any atom is -0.496 e. The Kier molecular flexibility index (Phi) is 7.28. The van der Waals surface area contributed by atoms with Gasteiger partial charge in [0, 0.05) is 6.42 Å². The van der Waals surface area contributed by atoms with Crippen LogP contribution < -0.4 is 14.8 Å². The first-order chi connectivity index (χ1) is 12.8. The van der Waals surface area contributed by atoms with Crippen molar-refractivity contribution in [2.45, 2.75) is 46.0 Å². The molecule has 0 radical (unpaired) electrons. The van der Waals surface area contributed by atoms with E-state index in [0.29, 0.717) is 26.0 Å². The van der Waals surface area contributed by atoms with E-state index in [9.17, 15) is 4.79 Å². The van der Waals surface area contributed by atoms with Gasteiger partial charge in [-0.05, 0) is 47.6 Å². The van der Waals surface area contributed by atoms with Gasteiger partial charge in [-0.3, -0.25) is 4.79 Å². The quantitative estimate of drug-likeness (QED) is 0.700. The van der Waals surface area contributed by atoms with E-state index in [1.165, 1.54) is 5.56 Å². The van der Waals surface area contributed by atoms with Gasteiger partial charge in [-0.1, -0.05) is 51.1 Å². The highest BCUT2D eigenvalue weighted by Gasteiger charge is 2.18. The molecule has 0 atom stereocenters. The number of ether oxygens (including phenoxy) is 2. The molecule has 1 amide bonds. The molecule has 0 unspecified atom stereocenters. The molecule has 0 bridgehead atoms. The number of benzene rings is 2. The number of methoxy groups -OCH3 is 1. The second-order valence-corrected chi connectivity index (χ2v) is 7.75. The van der Waals surface area contributed by atoms with Crippen LogP contribution in [0.1, 0.15) is 43.9 Å². The largest absolute Gasteiger partial charge is 0.496 e. The molecule has 0 heterocycles. The SMILES string of the molecule is COc1ccc(CCC(=O)NCCOc2ccccc2C(C)(C)C)cc1C. The molecule has 2 rings (SSSR count). The third-order valence-electron chi connectivity index (χ3n) is 4.48. The van der Waals surface area contributed by atoms with E-state index in [1.54, 1.807) is 7.11 Å². The lowest BCUT2D eigenvalue weighted by molar-refractivity contribution is -0.121. The van der Waals surface area contributed by atoms with E-state index < -0.39 is 0 Å². The van der Waals surface area contributed by atoms with E-state index in [1.807, 2.05) is 37.3 Å². The molecule has 0 fully saturated rings. The first kappa shape index (κ1) is 20.8. The summed E-state index contributed by atoms with van der Waals surface area (Å²) in [6.45, 7) is 9.46. The summed E-state index contributed by atoms with van der Waals surface area (Å²) in [5, 5.41) is 2.93. The maximum Gasteiger partial charge on any atom is 0.220 e. The van der Waals surface area contributed by atoms with Crippen LogP contribution in [-0.2, 0) is 16.6 Å². The molecule has 0 aliphatic heterocycles. The first-order valence-corrected chi connectivity index (χ1v) is 9.44. The molecule has 0 aromatic heterocycles.